The Hall–Kier alpha value is -0.750. The van der Waals surface area contributed by atoms with E-state index in [1.165, 1.54) is 11.3 Å². The molecule has 1 rings (SSSR count). The van der Waals surface area contributed by atoms with Crippen molar-refractivity contribution < 1.29 is 0 Å². The van der Waals surface area contributed by atoms with Gasteiger partial charge in [-0.1, -0.05) is 23.6 Å². The molecule has 0 saturated carbocycles. The number of hydrogen-bond acceptors (Lipinski definition) is 5. The van der Waals surface area contributed by atoms with Crippen LogP contribution in [0.5, 0.6) is 0 Å². The first-order valence-electron chi connectivity index (χ1n) is 2.54. The zero-order chi connectivity index (χ0) is 7.56. The molecule has 10 heavy (non-hydrogen) atoms. The molecular weight excluding hydrogens is 168 g/mol. The molecule has 0 amide bonds. The summed E-state index contributed by atoms with van der Waals surface area (Å²) in [5.74, 6) is 0. The molecule has 0 aliphatic heterocycles. The van der Waals surface area contributed by atoms with E-state index >= 15 is 0 Å². The van der Waals surface area contributed by atoms with Crippen LogP contribution in [0.3, 0.4) is 0 Å². The quantitative estimate of drug-likeness (QED) is 0.615. The van der Waals surface area contributed by atoms with Crippen LogP contribution in [-0.2, 0) is 6.42 Å². The molecule has 0 aliphatic rings. The summed E-state index contributed by atoms with van der Waals surface area (Å²) in [6.45, 7) is 0. The fourth-order valence-electron chi connectivity index (χ4n) is 0.487. The molecule has 0 spiro atoms. The van der Waals surface area contributed by atoms with Crippen molar-refractivity contribution in [1.82, 2.24) is 10.2 Å². The zero-order valence-electron chi connectivity index (χ0n) is 5.07. The Labute approximate surface area is 67.2 Å². The van der Waals surface area contributed by atoms with E-state index in [9.17, 15) is 0 Å². The molecule has 0 saturated heterocycles. The molecule has 0 aromatic carbocycles. The van der Waals surface area contributed by atoms with Gasteiger partial charge in [0.05, 0.1) is 11.4 Å². The highest BCUT2D eigenvalue weighted by molar-refractivity contribution is 7.80. The zero-order valence-corrected chi connectivity index (χ0v) is 6.71. The van der Waals surface area contributed by atoms with Crippen molar-refractivity contribution >= 4 is 33.7 Å². The van der Waals surface area contributed by atoms with Gasteiger partial charge in [0.25, 0.3) is 0 Å². The maximum atomic E-state index is 5.32. The second-order valence-electron chi connectivity index (χ2n) is 1.68. The summed E-state index contributed by atoms with van der Waals surface area (Å²) in [4.78, 5) is 0.413. The highest BCUT2D eigenvalue weighted by Gasteiger charge is 2.00. The van der Waals surface area contributed by atoms with Gasteiger partial charge < -0.3 is 11.5 Å². The average Bonchev–Trinajstić information content (AvgIpc) is 2.13. The Kier molecular flexibility index (Phi) is 2.13. The minimum Gasteiger partial charge on any atom is -0.393 e. The van der Waals surface area contributed by atoms with E-state index in [0.717, 1.165) is 5.01 Å². The first-order valence-corrected chi connectivity index (χ1v) is 3.77. The lowest BCUT2D eigenvalue weighted by atomic mass is 10.5. The predicted molar refractivity (Wildman–Crippen MR) is 44.8 cm³/mol. The average molecular weight is 174 g/mol. The summed E-state index contributed by atoms with van der Waals surface area (Å²) in [6.07, 6.45) is 0.490. The summed E-state index contributed by atoms with van der Waals surface area (Å²) in [7, 11) is 0. The standard InChI is InChI=1S/C4H6N4S2/c5-2(9)1-3-7-8-4(6)10-3/h1H2,(H2,5,9)(H2,6,8). The number of nitrogens with zero attached hydrogens (tertiary/aromatic N) is 2. The number of hydrogen-bond donors (Lipinski definition) is 2. The number of nitrogen functional groups attached to an aromatic ring is 1. The Morgan fingerprint density at radius 2 is 2.30 bits per heavy atom. The SMILES string of the molecule is NC(=S)Cc1nnc(N)s1. The molecule has 0 bridgehead atoms. The summed E-state index contributed by atoms with van der Waals surface area (Å²) in [5, 5.41) is 8.55. The maximum absolute atomic E-state index is 5.32. The third-order valence-corrected chi connectivity index (χ3v) is 1.70. The van der Waals surface area contributed by atoms with E-state index in [0.29, 0.717) is 16.5 Å². The van der Waals surface area contributed by atoms with Gasteiger partial charge in [-0.2, -0.15) is 0 Å². The smallest absolute Gasteiger partial charge is 0.203 e. The van der Waals surface area contributed by atoms with Gasteiger partial charge >= 0.3 is 0 Å². The minimum absolute atomic E-state index is 0.413. The summed E-state index contributed by atoms with van der Waals surface area (Å²) in [5.41, 5.74) is 10.6. The van der Waals surface area contributed by atoms with E-state index in [1.54, 1.807) is 0 Å². The fourth-order valence-corrected chi connectivity index (χ4v) is 1.35. The van der Waals surface area contributed by atoms with Crippen molar-refractivity contribution in [3.05, 3.63) is 5.01 Å². The highest BCUT2D eigenvalue weighted by Crippen LogP contribution is 2.10. The van der Waals surface area contributed by atoms with Gasteiger partial charge in [-0.15, -0.1) is 10.2 Å². The topological polar surface area (TPSA) is 77.8 Å². The Morgan fingerprint density at radius 1 is 1.60 bits per heavy atom. The number of nitrogens with two attached hydrogens (primary N) is 2. The number of aromatic nitrogens is 2. The van der Waals surface area contributed by atoms with E-state index in [-0.39, 0.29) is 0 Å². The molecule has 6 heteroatoms. The molecule has 0 unspecified atom stereocenters. The molecule has 1 aromatic rings. The van der Waals surface area contributed by atoms with Crippen LogP contribution < -0.4 is 11.5 Å². The predicted octanol–water partition coefficient (Wildman–Crippen LogP) is -0.0511. The summed E-state index contributed by atoms with van der Waals surface area (Å²) < 4.78 is 0. The van der Waals surface area contributed by atoms with Crippen LogP contribution in [0.2, 0.25) is 0 Å². The Balaban J connectivity index is 2.67. The summed E-state index contributed by atoms with van der Waals surface area (Å²) in [6, 6.07) is 0. The highest BCUT2D eigenvalue weighted by atomic mass is 32.1. The minimum atomic E-state index is 0.413. The largest absolute Gasteiger partial charge is 0.393 e. The van der Waals surface area contributed by atoms with Gasteiger partial charge in [-0.25, -0.2) is 0 Å². The van der Waals surface area contributed by atoms with Gasteiger partial charge in [-0.3, -0.25) is 0 Å². The van der Waals surface area contributed by atoms with Crippen LogP contribution in [0.25, 0.3) is 0 Å². The monoisotopic (exact) mass is 174 g/mol. The molecule has 4 nitrogen and oxygen atoms in total. The fraction of sp³-hybridized carbons (Fsp3) is 0.250. The molecule has 1 aromatic heterocycles. The van der Waals surface area contributed by atoms with Crippen molar-refractivity contribution in [2.24, 2.45) is 5.73 Å². The Morgan fingerprint density at radius 3 is 2.70 bits per heavy atom. The third kappa shape index (κ3) is 1.89. The lowest BCUT2D eigenvalue weighted by Crippen LogP contribution is -2.10. The second-order valence-corrected chi connectivity index (χ2v) is 3.30. The van der Waals surface area contributed by atoms with E-state index < -0.39 is 0 Å². The van der Waals surface area contributed by atoms with Crippen molar-refractivity contribution in [3.63, 3.8) is 0 Å². The van der Waals surface area contributed by atoms with Gasteiger partial charge in [0.1, 0.15) is 5.01 Å². The first-order chi connectivity index (χ1) is 4.68. The second kappa shape index (κ2) is 2.89. The third-order valence-electron chi connectivity index (χ3n) is 0.808. The molecule has 4 N–H and O–H groups in total. The van der Waals surface area contributed by atoms with Crippen molar-refractivity contribution in [1.29, 1.82) is 0 Å². The van der Waals surface area contributed by atoms with E-state index in [4.69, 9.17) is 11.5 Å². The molecular formula is C4H6N4S2. The van der Waals surface area contributed by atoms with Crippen LogP contribution in [0.15, 0.2) is 0 Å². The molecule has 0 atom stereocenters. The van der Waals surface area contributed by atoms with E-state index in [2.05, 4.69) is 22.4 Å². The van der Waals surface area contributed by atoms with Gasteiger partial charge in [0.15, 0.2) is 0 Å². The van der Waals surface area contributed by atoms with Crippen LogP contribution >= 0.6 is 23.6 Å². The van der Waals surface area contributed by atoms with Crippen LogP contribution in [0.1, 0.15) is 5.01 Å². The van der Waals surface area contributed by atoms with E-state index in [1.807, 2.05) is 0 Å². The number of anilines is 1. The molecule has 0 fully saturated rings. The van der Waals surface area contributed by atoms with Crippen LogP contribution in [-0.4, -0.2) is 15.2 Å². The summed E-state index contributed by atoms with van der Waals surface area (Å²) >= 11 is 5.97. The number of thiocarbonyl (C=S) groups is 1. The molecule has 0 radical (unpaired) electrons. The molecule has 54 valence electrons. The van der Waals surface area contributed by atoms with Crippen LogP contribution in [0.4, 0.5) is 5.13 Å². The normalized spacial score (nSPS) is 9.60. The Bertz CT molecular complexity index is 243. The molecule has 0 aliphatic carbocycles. The lowest BCUT2D eigenvalue weighted by molar-refractivity contribution is 1.03. The van der Waals surface area contributed by atoms with Gasteiger partial charge in [-0.05, 0) is 0 Å². The van der Waals surface area contributed by atoms with Crippen molar-refractivity contribution in [2.45, 2.75) is 6.42 Å². The maximum Gasteiger partial charge on any atom is 0.203 e. The lowest BCUT2D eigenvalue weighted by Gasteiger charge is -1.87. The van der Waals surface area contributed by atoms with Crippen molar-refractivity contribution in [2.75, 3.05) is 5.73 Å². The van der Waals surface area contributed by atoms with Gasteiger partial charge in [0.2, 0.25) is 5.13 Å². The van der Waals surface area contributed by atoms with Crippen molar-refractivity contribution in [3.8, 4) is 0 Å². The number of rotatable bonds is 2. The first kappa shape index (κ1) is 7.36. The van der Waals surface area contributed by atoms with Crippen LogP contribution in [0, 0.1) is 0 Å². The van der Waals surface area contributed by atoms with Gasteiger partial charge in [0, 0.05) is 0 Å². The molecule has 1 heterocycles.